The zero-order chi connectivity index (χ0) is 18.3. The first kappa shape index (κ1) is 19.5. The van der Waals surface area contributed by atoms with Gasteiger partial charge in [0.05, 0.1) is 13.0 Å². The number of nitrogens with one attached hydrogen (secondary N) is 1. The Bertz CT molecular complexity index is 601. The van der Waals surface area contributed by atoms with Gasteiger partial charge in [-0.05, 0) is 44.7 Å². The van der Waals surface area contributed by atoms with Crippen LogP contribution in [0.4, 0.5) is 0 Å². The lowest BCUT2D eigenvalue weighted by Gasteiger charge is -2.34. The third-order valence-corrected chi connectivity index (χ3v) is 5.10. The van der Waals surface area contributed by atoms with E-state index in [9.17, 15) is 9.59 Å². The van der Waals surface area contributed by atoms with Crippen LogP contribution in [0.3, 0.4) is 0 Å². The SMILES string of the molecule is CCOC(=O)C1(NC(=O)Cc2ccc(C)cc2C)CCCCCCC1. The summed E-state index contributed by atoms with van der Waals surface area (Å²) in [5.74, 6) is -0.369. The first-order valence-corrected chi connectivity index (χ1v) is 9.51. The summed E-state index contributed by atoms with van der Waals surface area (Å²) in [6.07, 6.45) is 6.95. The predicted octanol–water partition coefficient (Wildman–Crippen LogP) is 4.01. The van der Waals surface area contributed by atoms with Gasteiger partial charge in [0.1, 0.15) is 5.54 Å². The van der Waals surface area contributed by atoms with Crippen molar-refractivity contribution in [2.45, 2.75) is 77.7 Å². The summed E-state index contributed by atoms with van der Waals surface area (Å²) in [4.78, 5) is 25.4. The van der Waals surface area contributed by atoms with Gasteiger partial charge >= 0.3 is 5.97 Å². The van der Waals surface area contributed by atoms with Gasteiger partial charge in [0.25, 0.3) is 0 Å². The van der Waals surface area contributed by atoms with Gasteiger partial charge in [-0.25, -0.2) is 4.79 Å². The molecule has 0 heterocycles. The second kappa shape index (κ2) is 9.02. The highest BCUT2D eigenvalue weighted by Crippen LogP contribution is 2.28. The highest BCUT2D eigenvalue weighted by Gasteiger charge is 2.40. The second-order valence-corrected chi connectivity index (χ2v) is 7.23. The van der Waals surface area contributed by atoms with E-state index in [-0.39, 0.29) is 11.9 Å². The van der Waals surface area contributed by atoms with Crippen molar-refractivity contribution in [3.05, 3.63) is 34.9 Å². The molecule has 1 aliphatic carbocycles. The molecule has 25 heavy (non-hydrogen) atoms. The Hall–Kier alpha value is -1.84. The van der Waals surface area contributed by atoms with Crippen LogP contribution < -0.4 is 5.32 Å². The maximum absolute atomic E-state index is 12.7. The number of carbonyl (C=O) groups is 2. The molecule has 0 spiro atoms. The molecule has 4 heteroatoms. The third kappa shape index (κ3) is 5.32. The molecule has 0 saturated heterocycles. The van der Waals surface area contributed by atoms with Crippen LogP contribution in [-0.4, -0.2) is 24.0 Å². The predicted molar refractivity (Wildman–Crippen MR) is 99.4 cm³/mol. The number of amides is 1. The summed E-state index contributed by atoms with van der Waals surface area (Å²) in [5, 5.41) is 3.06. The molecule has 1 aromatic rings. The molecule has 0 unspecified atom stereocenters. The smallest absolute Gasteiger partial charge is 0.331 e. The average molecular weight is 345 g/mol. The van der Waals surface area contributed by atoms with Crippen LogP contribution in [-0.2, 0) is 20.7 Å². The van der Waals surface area contributed by atoms with Crippen molar-refractivity contribution in [3.8, 4) is 0 Å². The number of rotatable bonds is 5. The van der Waals surface area contributed by atoms with Gasteiger partial charge in [-0.1, -0.05) is 55.9 Å². The minimum absolute atomic E-state index is 0.0967. The standard InChI is InChI=1S/C21H31NO3/c1-4-25-20(24)21(12-8-6-5-7-9-13-21)22-19(23)15-18-11-10-16(2)14-17(18)3/h10-11,14H,4-9,12-13,15H2,1-3H3,(H,22,23). The highest BCUT2D eigenvalue weighted by molar-refractivity contribution is 5.89. The van der Waals surface area contributed by atoms with Crippen LogP contribution in [0.15, 0.2) is 18.2 Å². The van der Waals surface area contributed by atoms with E-state index in [0.29, 0.717) is 25.9 Å². The fourth-order valence-electron chi connectivity index (χ4n) is 3.69. The van der Waals surface area contributed by atoms with Gasteiger partial charge in [0, 0.05) is 0 Å². The molecule has 1 fully saturated rings. The quantitative estimate of drug-likeness (QED) is 0.821. The van der Waals surface area contributed by atoms with Gasteiger partial charge < -0.3 is 10.1 Å². The Morgan fingerprint density at radius 2 is 1.72 bits per heavy atom. The number of hydrogen-bond acceptors (Lipinski definition) is 3. The van der Waals surface area contributed by atoms with E-state index in [1.165, 1.54) is 12.0 Å². The first-order chi connectivity index (χ1) is 12.0. The normalized spacial score (nSPS) is 17.2. The number of hydrogen-bond donors (Lipinski definition) is 1. The topological polar surface area (TPSA) is 55.4 Å². The molecular weight excluding hydrogens is 314 g/mol. The van der Waals surface area contributed by atoms with Gasteiger partial charge in [0.15, 0.2) is 0 Å². The summed E-state index contributed by atoms with van der Waals surface area (Å²) in [7, 11) is 0. The van der Waals surface area contributed by atoms with Crippen molar-refractivity contribution in [3.63, 3.8) is 0 Å². The number of esters is 1. The molecule has 138 valence electrons. The lowest BCUT2D eigenvalue weighted by atomic mass is 9.83. The second-order valence-electron chi connectivity index (χ2n) is 7.23. The van der Waals surface area contributed by atoms with Crippen molar-refractivity contribution in [2.24, 2.45) is 0 Å². The fraction of sp³-hybridized carbons (Fsp3) is 0.619. The van der Waals surface area contributed by atoms with Gasteiger partial charge in [0.2, 0.25) is 5.91 Å². The summed E-state index contributed by atoms with van der Waals surface area (Å²) >= 11 is 0. The fourth-order valence-corrected chi connectivity index (χ4v) is 3.69. The number of aryl methyl sites for hydroxylation is 2. The van der Waals surface area contributed by atoms with E-state index < -0.39 is 5.54 Å². The first-order valence-electron chi connectivity index (χ1n) is 9.51. The van der Waals surface area contributed by atoms with Gasteiger partial charge in [-0.3, -0.25) is 4.79 Å². The van der Waals surface area contributed by atoms with E-state index in [2.05, 4.69) is 11.4 Å². The molecule has 0 aliphatic heterocycles. The molecule has 0 atom stereocenters. The Morgan fingerprint density at radius 1 is 1.08 bits per heavy atom. The van der Waals surface area contributed by atoms with E-state index in [4.69, 9.17) is 4.74 Å². The van der Waals surface area contributed by atoms with Crippen LogP contribution in [0.2, 0.25) is 0 Å². The van der Waals surface area contributed by atoms with Crippen molar-refractivity contribution in [1.29, 1.82) is 0 Å². The Labute approximate surface area is 151 Å². The van der Waals surface area contributed by atoms with E-state index in [1.807, 2.05) is 32.9 Å². The Balaban J connectivity index is 2.14. The lowest BCUT2D eigenvalue weighted by Crippen LogP contribution is -2.56. The van der Waals surface area contributed by atoms with E-state index >= 15 is 0 Å². The molecule has 0 radical (unpaired) electrons. The van der Waals surface area contributed by atoms with Crippen LogP contribution in [0.1, 0.15) is 68.6 Å². The maximum atomic E-state index is 12.7. The van der Waals surface area contributed by atoms with E-state index in [0.717, 1.165) is 36.8 Å². The van der Waals surface area contributed by atoms with Crippen molar-refractivity contribution in [2.75, 3.05) is 6.61 Å². The summed E-state index contributed by atoms with van der Waals surface area (Å²) in [5.41, 5.74) is 2.45. The molecule has 1 aliphatic rings. The number of benzene rings is 1. The molecule has 0 bridgehead atoms. The highest BCUT2D eigenvalue weighted by atomic mass is 16.5. The van der Waals surface area contributed by atoms with E-state index in [1.54, 1.807) is 0 Å². The average Bonchev–Trinajstić information content (AvgIpc) is 2.53. The molecule has 1 aromatic carbocycles. The molecule has 2 rings (SSSR count). The van der Waals surface area contributed by atoms with Crippen molar-refractivity contribution in [1.82, 2.24) is 5.32 Å². The molecule has 1 amide bonds. The van der Waals surface area contributed by atoms with Crippen molar-refractivity contribution >= 4 is 11.9 Å². The molecule has 1 N–H and O–H groups in total. The zero-order valence-electron chi connectivity index (χ0n) is 15.8. The maximum Gasteiger partial charge on any atom is 0.331 e. The summed E-state index contributed by atoms with van der Waals surface area (Å²) in [6, 6.07) is 6.10. The Kier molecular flexibility index (Phi) is 7.03. The number of carbonyl (C=O) groups excluding carboxylic acids is 2. The van der Waals surface area contributed by atoms with Crippen LogP contribution >= 0.6 is 0 Å². The minimum atomic E-state index is -0.855. The van der Waals surface area contributed by atoms with Crippen LogP contribution in [0.5, 0.6) is 0 Å². The summed E-state index contributed by atoms with van der Waals surface area (Å²) < 4.78 is 5.32. The van der Waals surface area contributed by atoms with Crippen molar-refractivity contribution < 1.29 is 14.3 Å². The molecular formula is C21H31NO3. The van der Waals surface area contributed by atoms with Gasteiger partial charge in [-0.15, -0.1) is 0 Å². The summed E-state index contributed by atoms with van der Waals surface area (Å²) in [6.45, 7) is 6.22. The Morgan fingerprint density at radius 3 is 2.32 bits per heavy atom. The van der Waals surface area contributed by atoms with Crippen LogP contribution in [0, 0.1) is 13.8 Å². The van der Waals surface area contributed by atoms with Gasteiger partial charge in [-0.2, -0.15) is 0 Å². The minimum Gasteiger partial charge on any atom is -0.464 e. The number of ether oxygens (including phenoxy) is 1. The lowest BCUT2D eigenvalue weighted by molar-refractivity contribution is -0.154. The third-order valence-electron chi connectivity index (χ3n) is 5.10. The largest absolute Gasteiger partial charge is 0.464 e. The van der Waals surface area contributed by atoms with Crippen LogP contribution in [0.25, 0.3) is 0 Å². The zero-order valence-corrected chi connectivity index (χ0v) is 15.8. The molecule has 0 aromatic heterocycles. The monoisotopic (exact) mass is 345 g/mol. The molecule has 4 nitrogen and oxygen atoms in total. The molecule has 1 saturated carbocycles.